The first-order valence-corrected chi connectivity index (χ1v) is 10.0. The first-order chi connectivity index (χ1) is 13.0. The molecule has 0 fully saturated rings. The van der Waals surface area contributed by atoms with Gasteiger partial charge >= 0.3 is 5.97 Å². The summed E-state index contributed by atoms with van der Waals surface area (Å²) in [4.78, 5) is 31.5. The number of thioether (sulfide) groups is 1. The van der Waals surface area contributed by atoms with Gasteiger partial charge in [0.25, 0.3) is 0 Å². The van der Waals surface area contributed by atoms with Crippen molar-refractivity contribution in [2.75, 3.05) is 19.0 Å². The minimum atomic E-state index is -0.471. The molecule has 27 heavy (non-hydrogen) atoms. The maximum Gasteiger partial charge on any atom is 0.316 e. The third kappa shape index (κ3) is 5.33. The number of hydrogen-bond acceptors (Lipinski definition) is 6. The van der Waals surface area contributed by atoms with E-state index in [0.29, 0.717) is 17.3 Å². The largest absolute Gasteiger partial charge is 0.494 e. The van der Waals surface area contributed by atoms with E-state index in [1.807, 2.05) is 25.1 Å². The third-order valence-corrected chi connectivity index (χ3v) is 4.98. The predicted octanol–water partition coefficient (Wildman–Crippen LogP) is 4.24. The quantitative estimate of drug-likeness (QED) is 0.315. The van der Waals surface area contributed by atoms with Crippen LogP contribution in [-0.2, 0) is 9.53 Å². The van der Waals surface area contributed by atoms with Gasteiger partial charge in [-0.25, -0.2) is 4.98 Å². The molecule has 0 atom stereocenters. The highest BCUT2D eigenvalue weighted by Gasteiger charge is 2.12. The Balaban J connectivity index is 1.50. The number of nitrogens with one attached hydrogen (secondary N) is 1. The molecule has 1 aromatic heterocycles. The summed E-state index contributed by atoms with van der Waals surface area (Å²) in [6.45, 7) is 2.23. The van der Waals surface area contributed by atoms with Gasteiger partial charge in [0, 0.05) is 16.1 Å². The fourth-order valence-corrected chi connectivity index (χ4v) is 3.27. The Morgan fingerprint density at radius 1 is 1.19 bits per heavy atom. The molecule has 2 aromatic carbocycles. The Kier molecular flexibility index (Phi) is 6.52. The van der Waals surface area contributed by atoms with Gasteiger partial charge < -0.3 is 14.5 Å². The van der Waals surface area contributed by atoms with Gasteiger partial charge in [0.05, 0.1) is 23.4 Å². The number of imidazole rings is 1. The van der Waals surface area contributed by atoms with Crippen molar-refractivity contribution in [3.05, 3.63) is 52.5 Å². The summed E-state index contributed by atoms with van der Waals surface area (Å²) in [5, 5.41) is 0.606. The van der Waals surface area contributed by atoms with Crippen molar-refractivity contribution in [2.24, 2.45) is 0 Å². The fraction of sp³-hybridized carbons (Fsp3) is 0.211. The summed E-state index contributed by atoms with van der Waals surface area (Å²) in [6.07, 6.45) is 0. The van der Waals surface area contributed by atoms with Gasteiger partial charge in [-0.15, -0.1) is 0 Å². The molecule has 0 aliphatic carbocycles. The summed E-state index contributed by atoms with van der Waals surface area (Å²) < 4.78 is 11.4. The molecular weight excluding hydrogens is 432 g/mol. The van der Waals surface area contributed by atoms with Gasteiger partial charge in [-0.2, -0.15) is 0 Å². The molecule has 0 saturated carbocycles. The van der Waals surface area contributed by atoms with Crippen molar-refractivity contribution >= 4 is 50.5 Å². The Bertz CT molecular complexity index is 956. The Morgan fingerprint density at radius 2 is 1.96 bits per heavy atom. The number of aromatic nitrogens is 2. The van der Waals surface area contributed by atoms with Crippen LogP contribution in [0.2, 0.25) is 0 Å². The molecule has 0 aliphatic rings. The zero-order valence-corrected chi connectivity index (χ0v) is 16.9. The highest BCUT2D eigenvalue weighted by Crippen LogP contribution is 2.23. The molecule has 3 rings (SSSR count). The number of nitrogens with zero attached hydrogens (tertiary/aromatic N) is 1. The van der Waals surface area contributed by atoms with Crippen LogP contribution in [0.3, 0.4) is 0 Å². The number of carbonyl (C=O) groups excluding carboxylic acids is 2. The normalized spacial score (nSPS) is 10.7. The van der Waals surface area contributed by atoms with E-state index >= 15 is 0 Å². The van der Waals surface area contributed by atoms with Crippen LogP contribution in [-0.4, -0.2) is 40.7 Å². The average molecular weight is 449 g/mol. The van der Waals surface area contributed by atoms with E-state index in [1.54, 1.807) is 24.3 Å². The second-order valence-electron chi connectivity index (χ2n) is 5.53. The molecule has 8 heteroatoms. The zero-order valence-electron chi connectivity index (χ0n) is 14.5. The first kappa shape index (κ1) is 19.4. The number of benzene rings is 2. The smallest absolute Gasteiger partial charge is 0.316 e. The van der Waals surface area contributed by atoms with E-state index in [0.717, 1.165) is 21.3 Å². The predicted molar refractivity (Wildman–Crippen MR) is 107 cm³/mol. The van der Waals surface area contributed by atoms with Gasteiger partial charge in [-0.1, -0.05) is 39.8 Å². The maximum atomic E-state index is 12.0. The van der Waals surface area contributed by atoms with E-state index in [-0.39, 0.29) is 18.1 Å². The van der Waals surface area contributed by atoms with Gasteiger partial charge in [0.1, 0.15) is 5.75 Å². The van der Waals surface area contributed by atoms with Crippen molar-refractivity contribution in [3.63, 3.8) is 0 Å². The number of rotatable bonds is 8. The topological polar surface area (TPSA) is 81.3 Å². The van der Waals surface area contributed by atoms with Crippen LogP contribution in [0.1, 0.15) is 17.3 Å². The zero-order chi connectivity index (χ0) is 19.2. The number of halogens is 1. The number of aromatic amines is 1. The monoisotopic (exact) mass is 448 g/mol. The number of Topliss-reactive ketones (excluding diaryl/α,β-unsaturated/α-hetero) is 1. The van der Waals surface area contributed by atoms with Crippen molar-refractivity contribution in [2.45, 2.75) is 12.1 Å². The SMILES string of the molecule is CCOc1ccc2nc(SCC(=O)OCC(=O)c3ccc(Br)cc3)[nH]c2c1. The molecule has 1 heterocycles. The van der Waals surface area contributed by atoms with Crippen LogP contribution < -0.4 is 4.74 Å². The molecule has 0 unspecified atom stereocenters. The Hall–Kier alpha value is -2.32. The van der Waals surface area contributed by atoms with E-state index in [4.69, 9.17) is 9.47 Å². The highest BCUT2D eigenvalue weighted by atomic mass is 79.9. The summed E-state index contributed by atoms with van der Waals surface area (Å²) >= 11 is 4.53. The molecule has 0 saturated heterocycles. The standard InChI is InChI=1S/C19H17BrN2O4S/c1-2-25-14-7-8-15-16(9-14)22-19(21-15)27-11-18(24)26-10-17(23)12-3-5-13(20)6-4-12/h3-9H,2,10-11H2,1H3,(H,21,22). The van der Waals surface area contributed by atoms with Crippen LogP contribution in [0.25, 0.3) is 11.0 Å². The molecule has 0 spiro atoms. The number of hydrogen-bond donors (Lipinski definition) is 1. The van der Waals surface area contributed by atoms with Gasteiger partial charge in [-0.3, -0.25) is 9.59 Å². The van der Waals surface area contributed by atoms with Crippen LogP contribution in [0, 0.1) is 0 Å². The van der Waals surface area contributed by atoms with Crippen molar-refractivity contribution in [1.29, 1.82) is 0 Å². The highest BCUT2D eigenvalue weighted by molar-refractivity contribution is 9.10. The van der Waals surface area contributed by atoms with Crippen molar-refractivity contribution in [3.8, 4) is 5.75 Å². The number of ether oxygens (including phenoxy) is 2. The lowest BCUT2D eigenvalue weighted by Gasteiger charge is -2.04. The van der Waals surface area contributed by atoms with Gasteiger partial charge in [0.2, 0.25) is 0 Å². The van der Waals surface area contributed by atoms with Gasteiger partial charge in [-0.05, 0) is 31.2 Å². The summed E-state index contributed by atoms with van der Waals surface area (Å²) in [5.41, 5.74) is 2.13. The van der Waals surface area contributed by atoms with Crippen LogP contribution in [0.15, 0.2) is 52.1 Å². The maximum absolute atomic E-state index is 12.0. The summed E-state index contributed by atoms with van der Waals surface area (Å²) in [6, 6.07) is 12.5. The van der Waals surface area contributed by atoms with Crippen molar-refractivity contribution in [1.82, 2.24) is 9.97 Å². The van der Waals surface area contributed by atoms with E-state index in [9.17, 15) is 9.59 Å². The molecular formula is C19H17BrN2O4S. The molecule has 6 nitrogen and oxygen atoms in total. The molecule has 0 aliphatic heterocycles. The van der Waals surface area contributed by atoms with Crippen LogP contribution in [0.5, 0.6) is 5.75 Å². The fourth-order valence-electron chi connectivity index (χ4n) is 2.32. The number of esters is 1. The van der Waals surface area contributed by atoms with Crippen LogP contribution in [0.4, 0.5) is 0 Å². The molecule has 1 N–H and O–H groups in total. The molecule has 3 aromatic rings. The van der Waals surface area contributed by atoms with Gasteiger partial charge in [0.15, 0.2) is 17.5 Å². The molecule has 0 amide bonds. The van der Waals surface area contributed by atoms with E-state index in [2.05, 4.69) is 25.9 Å². The molecule has 140 valence electrons. The number of fused-ring (bicyclic) bond motifs is 1. The van der Waals surface area contributed by atoms with E-state index in [1.165, 1.54) is 11.8 Å². The number of ketones is 1. The molecule has 0 radical (unpaired) electrons. The summed E-state index contributed by atoms with van der Waals surface area (Å²) in [7, 11) is 0. The lowest BCUT2D eigenvalue weighted by molar-refractivity contribution is -0.139. The second kappa shape index (κ2) is 9.05. The lowest BCUT2D eigenvalue weighted by Crippen LogP contribution is -2.15. The molecule has 0 bridgehead atoms. The first-order valence-electron chi connectivity index (χ1n) is 8.25. The average Bonchev–Trinajstić information content (AvgIpc) is 3.07. The Morgan fingerprint density at radius 3 is 2.70 bits per heavy atom. The minimum Gasteiger partial charge on any atom is -0.494 e. The Labute approximate surface area is 168 Å². The number of H-pyrrole nitrogens is 1. The van der Waals surface area contributed by atoms with Crippen LogP contribution >= 0.6 is 27.7 Å². The lowest BCUT2D eigenvalue weighted by atomic mass is 10.1. The van der Waals surface area contributed by atoms with E-state index < -0.39 is 5.97 Å². The minimum absolute atomic E-state index is 0.0613. The second-order valence-corrected chi connectivity index (χ2v) is 7.41. The third-order valence-electron chi connectivity index (χ3n) is 3.60. The van der Waals surface area contributed by atoms with Crippen molar-refractivity contribution < 1.29 is 19.1 Å². The number of carbonyl (C=O) groups is 2. The summed E-state index contributed by atoms with van der Waals surface area (Å²) in [5.74, 6) is 0.108.